The molecule has 0 radical (unpaired) electrons. The molecule has 0 N–H and O–H groups in total. The fourth-order valence-corrected chi connectivity index (χ4v) is 9.30. The average Bonchev–Trinajstić information content (AvgIpc) is 3.76. The van der Waals surface area contributed by atoms with E-state index in [2.05, 4.69) is 168 Å². The zero-order valence-electron chi connectivity index (χ0n) is 28.0. The summed E-state index contributed by atoms with van der Waals surface area (Å²) in [6, 6.07) is 62.9. The number of nitrogens with zero attached hydrogens (tertiary/aromatic N) is 3. The molecule has 0 aliphatic heterocycles. The molecule has 3 nitrogen and oxygen atoms in total. The molecule has 0 unspecified atom stereocenters. The van der Waals surface area contributed by atoms with Crippen LogP contribution in [0, 0.1) is 0 Å². The first-order chi connectivity index (χ1) is 25.8. The molecule has 0 saturated carbocycles. The zero-order chi connectivity index (χ0) is 34.2. The molecule has 52 heavy (non-hydrogen) atoms. The van der Waals surface area contributed by atoms with Gasteiger partial charge in [-0.3, -0.25) is 0 Å². The Balaban J connectivity index is 1.24. The standard InChI is InChI=1S/C48H29N3S/c1-3-14-30(15-4-1)40-29-41(31-16-5-2-6-17-31)50-48(49-40)38-24-13-23-37-45-35-21-10-9-20-34(35)28-44(47(45)52-46(37)38)51-42-25-12-11-22-36(42)39-26-32-18-7-8-19-33(32)27-43(39)51/h1-29H. The summed E-state index contributed by atoms with van der Waals surface area (Å²) < 4.78 is 4.92. The minimum Gasteiger partial charge on any atom is -0.308 e. The number of hydrogen-bond acceptors (Lipinski definition) is 3. The van der Waals surface area contributed by atoms with Crippen molar-refractivity contribution in [3.05, 3.63) is 176 Å². The molecule has 0 spiro atoms. The molecule has 4 heteroatoms. The maximum atomic E-state index is 5.26. The molecule has 11 rings (SSSR count). The summed E-state index contributed by atoms with van der Waals surface area (Å²) in [5.41, 5.74) is 8.59. The van der Waals surface area contributed by atoms with Crippen LogP contribution in [0.4, 0.5) is 0 Å². The smallest absolute Gasteiger partial charge is 0.161 e. The molecule has 0 aliphatic rings. The average molecular weight is 680 g/mol. The van der Waals surface area contributed by atoms with Crippen LogP contribution in [0.15, 0.2) is 176 Å². The number of aromatic nitrogens is 3. The number of rotatable bonds is 4. The van der Waals surface area contributed by atoms with Crippen LogP contribution in [0.3, 0.4) is 0 Å². The quantitative estimate of drug-likeness (QED) is 0.185. The van der Waals surface area contributed by atoms with E-state index < -0.39 is 0 Å². The van der Waals surface area contributed by atoms with Crippen LogP contribution in [0.1, 0.15) is 0 Å². The lowest BCUT2D eigenvalue weighted by Crippen LogP contribution is -1.96. The first-order valence-electron chi connectivity index (χ1n) is 17.6. The predicted octanol–water partition coefficient (Wildman–Crippen LogP) is 13.2. The third-order valence-electron chi connectivity index (χ3n) is 10.4. The molecule has 3 aromatic heterocycles. The van der Waals surface area contributed by atoms with Gasteiger partial charge in [-0.05, 0) is 57.9 Å². The first-order valence-corrected chi connectivity index (χ1v) is 18.4. The highest BCUT2D eigenvalue weighted by atomic mass is 32.1. The lowest BCUT2D eigenvalue weighted by Gasteiger charge is -2.12. The molecule has 3 heterocycles. The molecule has 242 valence electrons. The summed E-state index contributed by atoms with van der Waals surface area (Å²) in [4.78, 5) is 10.5. The molecule has 11 aromatic rings. The lowest BCUT2D eigenvalue weighted by molar-refractivity contribution is 1.19. The van der Waals surface area contributed by atoms with Gasteiger partial charge in [-0.2, -0.15) is 0 Å². The van der Waals surface area contributed by atoms with Gasteiger partial charge in [0.2, 0.25) is 0 Å². The second-order valence-corrected chi connectivity index (χ2v) is 14.4. The van der Waals surface area contributed by atoms with E-state index in [1.807, 2.05) is 23.5 Å². The van der Waals surface area contributed by atoms with Crippen LogP contribution >= 0.6 is 11.3 Å². The summed E-state index contributed by atoms with van der Waals surface area (Å²) in [6.07, 6.45) is 0. The van der Waals surface area contributed by atoms with Gasteiger partial charge in [-0.1, -0.05) is 140 Å². The van der Waals surface area contributed by atoms with Crippen molar-refractivity contribution in [2.75, 3.05) is 0 Å². The molecular weight excluding hydrogens is 651 g/mol. The van der Waals surface area contributed by atoms with E-state index in [0.717, 1.165) is 33.9 Å². The van der Waals surface area contributed by atoms with Gasteiger partial charge in [0, 0.05) is 42.9 Å². The predicted molar refractivity (Wildman–Crippen MR) is 221 cm³/mol. The van der Waals surface area contributed by atoms with E-state index in [1.54, 1.807) is 0 Å². The Morgan fingerprint density at radius 1 is 0.404 bits per heavy atom. The normalized spacial score (nSPS) is 11.8. The molecule has 8 aromatic carbocycles. The highest BCUT2D eigenvalue weighted by Gasteiger charge is 2.22. The van der Waals surface area contributed by atoms with Gasteiger partial charge in [0.05, 0.1) is 32.8 Å². The Labute approximate surface area is 303 Å². The molecule has 0 amide bonds. The van der Waals surface area contributed by atoms with E-state index in [0.29, 0.717) is 0 Å². The van der Waals surface area contributed by atoms with Gasteiger partial charge in [0.1, 0.15) is 0 Å². The Kier molecular flexibility index (Phi) is 6.42. The van der Waals surface area contributed by atoms with Gasteiger partial charge in [0.15, 0.2) is 5.82 Å². The summed E-state index contributed by atoms with van der Waals surface area (Å²) in [6.45, 7) is 0. The Hall–Kier alpha value is -6.62. The van der Waals surface area contributed by atoms with E-state index in [4.69, 9.17) is 9.97 Å². The largest absolute Gasteiger partial charge is 0.308 e. The van der Waals surface area contributed by atoms with Crippen molar-refractivity contribution in [1.29, 1.82) is 0 Å². The summed E-state index contributed by atoms with van der Waals surface area (Å²) >= 11 is 1.85. The van der Waals surface area contributed by atoms with Crippen LogP contribution in [0.5, 0.6) is 0 Å². The van der Waals surface area contributed by atoms with E-state index in [9.17, 15) is 0 Å². The molecule has 0 bridgehead atoms. The number of fused-ring (bicyclic) bond motifs is 9. The van der Waals surface area contributed by atoms with Gasteiger partial charge in [-0.15, -0.1) is 11.3 Å². The van der Waals surface area contributed by atoms with E-state index >= 15 is 0 Å². The lowest BCUT2D eigenvalue weighted by atomic mass is 10.0. The van der Waals surface area contributed by atoms with Crippen LogP contribution in [-0.4, -0.2) is 14.5 Å². The Bertz CT molecular complexity index is 3120. The second kappa shape index (κ2) is 11.5. The summed E-state index contributed by atoms with van der Waals surface area (Å²) in [5.74, 6) is 0.728. The minimum absolute atomic E-state index is 0.728. The molecular formula is C48H29N3S. The monoisotopic (exact) mass is 679 g/mol. The van der Waals surface area contributed by atoms with Gasteiger partial charge < -0.3 is 4.57 Å². The first kappa shape index (κ1) is 29.1. The minimum atomic E-state index is 0.728. The SMILES string of the molecule is c1ccc(-c2cc(-c3ccccc3)nc(-c3cccc4c3sc3c(-n5c6ccccc6c6cc7ccccc7cc65)cc5ccccc5c34)n2)cc1. The molecule has 0 aliphatic carbocycles. The number of para-hydroxylation sites is 1. The molecule has 0 atom stereocenters. The van der Waals surface area contributed by atoms with Crippen molar-refractivity contribution >= 4 is 74.9 Å². The maximum Gasteiger partial charge on any atom is 0.161 e. The topological polar surface area (TPSA) is 30.7 Å². The third-order valence-corrected chi connectivity index (χ3v) is 11.6. The van der Waals surface area contributed by atoms with Crippen LogP contribution in [0.25, 0.3) is 103 Å². The van der Waals surface area contributed by atoms with Gasteiger partial charge in [-0.25, -0.2) is 9.97 Å². The summed E-state index contributed by atoms with van der Waals surface area (Å²) in [7, 11) is 0. The maximum absolute atomic E-state index is 5.26. The Morgan fingerprint density at radius 3 is 1.73 bits per heavy atom. The number of hydrogen-bond donors (Lipinski definition) is 0. The van der Waals surface area contributed by atoms with E-state index in [1.165, 1.54) is 69.2 Å². The highest BCUT2D eigenvalue weighted by molar-refractivity contribution is 7.27. The second-order valence-electron chi connectivity index (χ2n) is 13.4. The zero-order valence-corrected chi connectivity index (χ0v) is 28.8. The molecule has 0 fully saturated rings. The third kappa shape index (κ3) is 4.45. The van der Waals surface area contributed by atoms with Crippen molar-refractivity contribution in [1.82, 2.24) is 14.5 Å². The van der Waals surface area contributed by atoms with Crippen molar-refractivity contribution in [2.24, 2.45) is 0 Å². The fraction of sp³-hybridized carbons (Fsp3) is 0. The van der Waals surface area contributed by atoms with E-state index in [-0.39, 0.29) is 0 Å². The van der Waals surface area contributed by atoms with Crippen molar-refractivity contribution in [2.45, 2.75) is 0 Å². The van der Waals surface area contributed by atoms with Crippen LogP contribution in [0.2, 0.25) is 0 Å². The van der Waals surface area contributed by atoms with Crippen LogP contribution < -0.4 is 0 Å². The van der Waals surface area contributed by atoms with Crippen LogP contribution in [-0.2, 0) is 0 Å². The van der Waals surface area contributed by atoms with Crippen molar-refractivity contribution in [3.8, 4) is 39.6 Å². The summed E-state index contributed by atoms with van der Waals surface area (Å²) in [5, 5.41) is 9.96. The number of thiophene rings is 1. The van der Waals surface area contributed by atoms with Crippen molar-refractivity contribution in [3.63, 3.8) is 0 Å². The van der Waals surface area contributed by atoms with Crippen molar-refractivity contribution < 1.29 is 0 Å². The Morgan fingerprint density at radius 2 is 1.00 bits per heavy atom. The number of benzene rings is 8. The molecule has 0 saturated heterocycles. The fourth-order valence-electron chi connectivity index (χ4n) is 7.97. The highest BCUT2D eigenvalue weighted by Crippen LogP contribution is 2.47. The van der Waals surface area contributed by atoms with Gasteiger partial charge >= 0.3 is 0 Å². The van der Waals surface area contributed by atoms with Gasteiger partial charge in [0.25, 0.3) is 0 Å².